The summed E-state index contributed by atoms with van der Waals surface area (Å²) in [6.45, 7) is 0. The number of fused-ring (bicyclic) bond motifs is 7. The van der Waals surface area contributed by atoms with Gasteiger partial charge in [0.2, 0.25) is 0 Å². The van der Waals surface area contributed by atoms with Gasteiger partial charge < -0.3 is 0 Å². The maximum Gasteiger partial charge on any atom is 0.0352 e. The molecule has 0 aromatic heterocycles. The largest absolute Gasteiger partial charge is 0.0622 e. The molecule has 54 heavy (non-hydrogen) atoms. The maximum absolute atomic E-state index is 2.55. The molecule has 2 atom stereocenters. The highest BCUT2D eigenvalue weighted by atomic mass is 14.4. The molecule has 0 aliphatic heterocycles. The summed E-state index contributed by atoms with van der Waals surface area (Å²) in [6.07, 6.45) is 0. The maximum atomic E-state index is 2.55. The molecule has 0 fully saturated rings. The molecule has 2 unspecified atom stereocenters. The van der Waals surface area contributed by atoms with Crippen LogP contribution in [0.25, 0.3) is 66.4 Å². The zero-order chi connectivity index (χ0) is 35.6. The van der Waals surface area contributed by atoms with Crippen molar-refractivity contribution in [3.63, 3.8) is 0 Å². The second kappa shape index (κ2) is 12.4. The monoisotopic (exact) mass is 684 g/mol. The molecular formula is C54H36. The van der Waals surface area contributed by atoms with Gasteiger partial charge in [-0.05, 0) is 130 Å². The van der Waals surface area contributed by atoms with Crippen molar-refractivity contribution >= 4 is 10.8 Å². The van der Waals surface area contributed by atoms with E-state index in [-0.39, 0.29) is 11.8 Å². The lowest BCUT2D eigenvalue weighted by atomic mass is 9.84. The zero-order valence-electron chi connectivity index (χ0n) is 29.8. The molecule has 0 heteroatoms. The fourth-order valence-electron chi connectivity index (χ4n) is 9.28. The van der Waals surface area contributed by atoms with E-state index in [0.29, 0.717) is 0 Å². The van der Waals surface area contributed by atoms with E-state index in [0.717, 1.165) is 0 Å². The van der Waals surface area contributed by atoms with Crippen LogP contribution in [0.5, 0.6) is 0 Å². The summed E-state index contributed by atoms with van der Waals surface area (Å²) < 4.78 is 0. The topological polar surface area (TPSA) is 0 Å². The Morgan fingerprint density at radius 2 is 0.685 bits per heavy atom. The molecule has 0 amide bonds. The van der Waals surface area contributed by atoms with Gasteiger partial charge in [0.1, 0.15) is 0 Å². The summed E-state index contributed by atoms with van der Waals surface area (Å²) >= 11 is 0. The minimum Gasteiger partial charge on any atom is -0.0622 e. The highest BCUT2D eigenvalue weighted by Gasteiger charge is 2.36. The number of hydrogen-bond donors (Lipinski definition) is 0. The SMILES string of the molecule is c1ccc(-c2cc(-c3ccccc3)cc(-c3ccc4cc(C5c6ccccc6-c6cc7c(cc65)C(c5ccccc5)c5ccccc5-7)ccc4c3)c2)cc1. The Balaban J connectivity index is 1.02. The predicted octanol–water partition coefficient (Wildman–Crippen LogP) is 14.2. The van der Waals surface area contributed by atoms with Crippen LogP contribution in [0.3, 0.4) is 0 Å². The van der Waals surface area contributed by atoms with E-state index in [9.17, 15) is 0 Å². The van der Waals surface area contributed by atoms with Crippen molar-refractivity contribution in [1.82, 2.24) is 0 Å². The van der Waals surface area contributed by atoms with Gasteiger partial charge in [0.05, 0.1) is 0 Å². The van der Waals surface area contributed by atoms with Crippen molar-refractivity contribution in [3.05, 3.63) is 240 Å². The van der Waals surface area contributed by atoms with Crippen LogP contribution in [0.2, 0.25) is 0 Å². The second-order valence-corrected chi connectivity index (χ2v) is 14.8. The lowest BCUT2D eigenvalue weighted by Crippen LogP contribution is -2.03. The molecule has 0 saturated heterocycles. The van der Waals surface area contributed by atoms with Gasteiger partial charge >= 0.3 is 0 Å². The van der Waals surface area contributed by atoms with Crippen LogP contribution in [-0.4, -0.2) is 0 Å². The zero-order valence-corrected chi connectivity index (χ0v) is 29.8. The number of hydrogen-bond acceptors (Lipinski definition) is 0. The van der Waals surface area contributed by atoms with Gasteiger partial charge in [-0.15, -0.1) is 0 Å². The van der Waals surface area contributed by atoms with Crippen LogP contribution in [0.15, 0.2) is 206 Å². The summed E-state index contributed by atoms with van der Waals surface area (Å²) in [7, 11) is 0. The van der Waals surface area contributed by atoms with Gasteiger partial charge in [-0.1, -0.05) is 176 Å². The van der Waals surface area contributed by atoms with Crippen LogP contribution in [0, 0.1) is 0 Å². The van der Waals surface area contributed by atoms with Crippen LogP contribution >= 0.6 is 0 Å². The molecule has 252 valence electrons. The van der Waals surface area contributed by atoms with Gasteiger partial charge in [0, 0.05) is 11.8 Å². The van der Waals surface area contributed by atoms with Gasteiger partial charge in [0.15, 0.2) is 0 Å². The molecular weight excluding hydrogens is 649 g/mol. The third kappa shape index (κ3) is 4.99. The van der Waals surface area contributed by atoms with Crippen molar-refractivity contribution in [3.8, 4) is 55.6 Å². The van der Waals surface area contributed by atoms with E-state index in [1.54, 1.807) is 0 Å². The highest BCUT2D eigenvalue weighted by Crippen LogP contribution is 2.55. The lowest BCUT2D eigenvalue weighted by Gasteiger charge is -2.19. The standard InChI is InChI=1S/C54H36/c1-4-14-35(15-5-1)42-30-43(36-16-6-2-7-17-36)32-44(31-42)40-25-24-39-29-41(27-26-38(39)28-40)54-48-23-13-11-21-46(48)50-33-49-45-20-10-12-22-47(45)53(51(49)34-52(50)54)37-18-8-3-9-19-37/h1-34,53-54H. The summed E-state index contributed by atoms with van der Waals surface area (Å²) in [6, 6.07) is 76.7. The Morgan fingerprint density at radius 1 is 0.222 bits per heavy atom. The fraction of sp³-hybridized carbons (Fsp3) is 0.0370. The molecule has 0 N–H and O–H groups in total. The second-order valence-electron chi connectivity index (χ2n) is 14.8. The van der Waals surface area contributed by atoms with Crippen LogP contribution in [-0.2, 0) is 0 Å². The average Bonchev–Trinajstić information content (AvgIpc) is 3.75. The first-order valence-electron chi connectivity index (χ1n) is 19.0. The third-order valence-corrected chi connectivity index (χ3v) is 11.8. The van der Waals surface area contributed by atoms with Crippen molar-refractivity contribution in [2.24, 2.45) is 0 Å². The quantitative estimate of drug-likeness (QED) is 0.169. The number of rotatable bonds is 5. The van der Waals surface area contributed by atoms with E-state index >= 15 is 0 Å². The molecule has 9 aromatic rings. The van der Waals surface area contributed by atoms with Crippen LogP contribution in [0.1, 0.15) is 45.2 Å². The van der Waals surface area contributed by atoms with Gasteiger partial charge in [0.25, 0.3) is 0 Å². The van der Waals surface area contributed by atoms with E-state index in [2.05, 4.69) is 206 Å². The average molecular weight is 685 g/mol. The Bertz CT molecular complexity index is 2810. The minimum atomic E-state index is 0.168. The summed E-state index contributed by atoms with van der Waals surface area (Å²) in [4.78, 5) is 0. The van der Waals surface area contributed by atoms with Crippen LogP contribution in [0.4, 0.5) is 0 Å². The van der Waals surface area contributed by atoms with Gasteiger partial charge in [-0.25, -0.2) is 0 Å². The normalized spacial score (nSPS) is 15.0. The molecule has 11 rings (SSSR count). The molecule has 0 heterocycles. The first-order valence-corrected chi connectivity index (χ1v) is 19.0. The summed E-state index contributed by atoms with van der Waals surface area (Å²) in [5.74, 6) is 0.395. The molecule has 0 saturated carbocycles. The minimum absolute atomic E-state index is 0.168. The predicted molar refractivity (Wildman–Crippen MR) is 226 cm³/mol. The molecule has 2 aliphatic carbocycles. The molecule has 0 nitrogen and oxygen atoms in total. The smallest absolute Gasteiger partial charge is 0.0352 e. The molecule has 9 aromatic carbocycles. The van der Waals surface area contributed by atoms with E-state index in [1.807, 2.05) is 0 Å². The molecule has 0 spiro atoms. The van der Waals surface area contributed by atoms with Crippen LogP contribution < -0.4 is 0 Å². The van der Waals surface area contributed by atoms with Crippen molar-refractivity contribution in [2.75, 3.05) is 0 Å². The third-order valence-electron chi connectivity index (χ3n) is 11.8. The summed E-state index contributed by atoms with van der Waals surface area (Å²) in [5, 5.41) is 2.52. The highest BCUT2D eigenvalue weighted by molar-refractivity contribution is 5.93. The summed E-state index contributed by atoms with van der Waals surface area (Å²) in [5.41, 5.74) is 21.1. The van der Waals surface area contributed by atoms with E-state index in [4.69, 9.17) is 0 Å². The molecule has 2 aliphatic rings. The fourth-order valence-corrected chi connectivity index (χ4v) is 9.28. The number of benzene rings is 9. The van der Waals surface area contributed by atoms with Crippen molar-refractivity contribution in [1.29, 1.82) is 0 Å². The van der Waals surface area contributed by atoms with E-state index < -0.39 is 0 Å². The molecule has 0 radical (unpaired) electrons. The Kier molecular flexibility index (Phi) is 7.10. The Hall–Kier alpha value is -6.76. The Morgan fingerprint density at radius 3 is 1.28 bits per heavy atom. The first kappa shape index (κ1) is 30.8. The lowest BCUT2D eigenvalue weighted by molar-refractivity contribution is 0.983. The van der Waals surface area contributed by atoms with Crippen molar-refractivity contribution in [2.45, 2.75) is 11.8 Å². The first-order chi connectivity index (χ1) is 26.8. The van der Waals surface area contributed by atoms with Gasteiger partial charge in [-0.2, -0.15) is 0 Å². The Labute approximate surface area is 316 Å². The van der Waals surface area contributed by atoms with Gasteiger partial charge in [-0.3, -0.25) is 0 Å². The van der Waals surface area contributed by atoms with E-state index in [1.165, 1.54) is 99.8 Å². The molecule has 0 bridgehead atoms. The van der Waals surface area contributed by atoms with Crippen molar-refractivity contribution < 1.29 is 0 Å².